The van der Waals surface area contributed by atoms with Crippen molar-refractivity contribution in [2.75, 3.05) is 6.61 Å². The standard InChI is InChI=1S/C21H22O/c1-3-5-16-6-7-20-15-19(9-8-18(20)14-16)17-10-12-21(13-11-17)22-4-2/h6-15H,3-5H2,1-2H3. The molecule has 0 saturated heterocycles. The Kier molecular flexibility index (Phi) is 4.43. The van der Waals surface area contributed by atoms with E-state index in [0.29, 0.717) is 6.61 Å². The van der Waals surface area contributed by atoms with E-state index in [1.165, 1.54) is 33.9 Å². The minimum Gasteiger partial charge on any atom is -0.494 e. The highest BCUT2D eigenvalue weighted by molar-refractivity contribution is 5.87. The second-order valence-corrected chi connectivity index (χ2v) is 5.60. The first-order chi connectivity index (χ1) is 10.8. The minimum absolute atomic E-state index is 0.704. The monoisotopic (exact) mass is 290 g/mol. The number of ether oxygens (including phenoxy) is 1. The number of hydrogen-bond donors (Lipinski definition) is 0. The molecular weight excluding hydrogens is 268 g/mol. The fourth-order valence-electron chi connectivity index (χ4n) is 2.83. The van der Waals surface area contributed by atoms with Gasteiger partial charge in [-0.05, 0) is 59.0 Å². The molecule has 3 aromatic rings. The lowest BCUT2D eigenvalue weighted by Crippen LogP contribution is -1.90. The molecule has 0 radical (unpaired) electrons. The lowest BCUT2D eigenvalue weighted by Gasteiger charge is -2.08. The van der Waals surface area contributed by atoms with Crippen LogP contribution in [0.3, 0.4) is 0 Å². The summed E-state index contributed by atoms with van der Waals surface area (Å²) in [5, 5.41) is 2.62. The Labute approximate surface area is 132 Å². The molecule has 3 aromatic carbocycles. The normalized spacial score (nSPS) is 10.8. The van der Waals surface area contributed by atoms with E-state index in [1.54, 1.807) is 0 Å². The van der Waals surface area contributed by atoms with Crippen LogP contribution in [-0.2, 0) is 6.42 Å². The zero-order valence-electron chi connectivity index (χ0n) is 13.3. The molecule has 1 nitrogen and oxygen atoms in total. The van der Waals surface area contributed by atoms with Crippen molar-refractivity contribution in [3.05, 3.63) is 66.2 Å². The molecule has 3 rings (SSSR count). The maximum atomic E-state index is 5.50. The van der Waals surface area contributed by atoms with Crippen LogP contribution in [0.25, 0.3) is 21.9 Å². The Balaban J connectivity index is 1.92. The highest BCUT2D eigenvalue weighted by Crippen LogP contribution is 2.27. The van der Waals surface area contributed by atoms with Gasteiger partial charge >= 0.3 is 0 Å². The van der Waals surface area contributed by atoms with Crippen molar-refractivity contribution in [3.8, 4) is 16.9 Å². The van der Waals surface area contributed by atoms with E-state index < -0.39 is 0 Å². The second kappa shape index (κ2) is 6.65. The van der Waals surface area contributed by atoms with Gasteiger partial charge in [-0.3, -0.25) is 0 Å². The third-order valence-electron chi connectivity index (χ3n) is 3.94. The van der Waals surface area contributed by atoms with Gasteiger partial charge in [-0.15, -0.1) is 0 Å². The summed E-state index contributed by atoms with van der Waals surface area (Å²) in [5.74, 6) is 0.927. The summed E-state index contributed by atoms with van der Waals surface area (Å²) in [4.78, 5) is 0. The van der Waals surface area contributed by atoms with Crippen molar-refractivity contribution < 1.29 is 4.74 Å². The van der Waals surface area contributed by atoms with Gasteiger partial charge in [0, 0.05) is 0 Å². The van der Waals surface area contributed by atoms with Gasteiger partial charge in [0.15, 0.2) is 0 Å². The average molecular weight is 290 g/mol. The summed E-state index contributed by atoms with van der Waals surface area (Å²) < 4.78 is 5.50. The molecule has 0 saturated carbocycles. The van der Waals surface area contributed by atoms with Crippen LogP contribution >= 0.6 is 0 Å². The molecule has 0 atom stereocenters. The Morgan fingerprint density at radius 2 is 1.41 bits per heavy atom. The summed E-state index contributed by atoms with van der Waals surface area (Å²) in [7, 11) is 0. The van der Waals surface area contributed by atoms with E-state index in [9.17, 15) is 0 Å². The molecule has 0 amide bonds. The molecule has 0 N–H and O–H groups in total. The van der Waals surface area contributed by atoms with Gasteiger partial charge in [0.25, 0.3) is 0 Å². The van der Waals surface area contributed by atoms with Crippen molar-refractivity contribution in [3.63, 3.8) is 0 Å². The maximum Gasteiger partial charge on any atom is 0.119 e. The summed E-state index contributed by atoms with van der Waals surface area (Å²) in [5.41, 5.74) is 3.89. The molecule has 0 fully saturated rings. The van der Waals surface area contributed by atoms with Crippen LogP contribution in [0.1, 0.15) is 25.8 Å². The fraction of sp³-hybridized carbons (Fsp3) is 0.238. The summed E-state index contributed by atoms with van der Waals surface area (Å²) in [6, 6.07) is 21.8. The van der Waals surface area contributed by atoms with Crippen LogP contribution < -0.4 is 4.74 Å². The van der Waals surface area contributed by atoms with Crippen LogP contribution in [0.2, 0.25) is 0 Å². The zero-order chi connectivity index (χ0) is 15.4. The summed E-state index contributed by atoms with van der Waals surface area (Å²) >= 11 is 0. The molecule has 0 aliphatic carbocycles. The van der Waals surface area contributed by atoms with E-state index in [4.69, 9.17) is 4.74 Å². The van der Waals surface area contributed by atoms with E-state index in [-0.39, 0.29) is 0 Å². The van der Waals surface area contributed by atoms with Gasteiger partial charge < -0.3 is 4.74 Å². The second-order valence-electron chi connectivity index (χ2n) is 5.60. The molecule has 0 bridgehead atoms. The van der Waals surface area contributed by atoms with Gasteiger partial charge in [0.2, 0.25) is 0 Å². The topological polar surface area (TPSA) is 9.23 Å². The van der Waals surface area contributed by atoms with Crippen molar-refractivity contribution in [2.24, 2.45) is 0 Å². The minimum atomic E-state index is 0.704. The molecule has 0 heterocycles. The highest BCUT2D eigenvalue weighted by atomic mass is 16.5. The third kappa shape index (κ3) is 3.14. The first-order valence-corrected chi connectivity index (χ1v) is 8.06. The van der Waals surface area contributed by atoms with Gasteiger partial charge in [-0.25, -0.2) is 0 Å². The number of fused-ring (bicyclic) bond motifs is 1. The Hall–Kier alpha value is -2.28. The number of hydrogen-bond acceptors (Lipinski definition) is 1. The van der Waals surface area contributed by atoms with Gasteiger partial charge in [-0.2, -0.15) is 0 Å². The van der Waals surface area contributed by atoms with Crippen LogP contribution in [-0.4, -0.2) is 6.61 Å². The van der Waals surface area contributed by atoms with Crippen molar-refractivity contribution >= 4 is 10.8 Å². The number of aryl methyl sites for hydroxylation is 1. The number of benzene rings is 3. The SMILES string of the molecule is CCCc1ccc2cc(-c3ccc(OCC)cc3)ccc2c1. The molecule has 0 aliphatic heterocycles. The molecule has 22 heavy (non-hydrogen) atoms. The quantitative estimate of drug-likeness (QED) is 0.572. The first kappa shape index (κ1) is 14.6. The Morgan fingerprint density at radius 1 is 0.727 bits per heavy atom. The van der Waals surface area contributed by atoms with Gasteiger partial charge in [-0.1, -0.05) is 55.8 Å². The molecule has 0 unspecified atom stereocenters. The largest absolute Gasteiger partial charge is 0.494 e. The van der Waals surface area contributed by atoms with Gasteiger partial charge in [0.1, 0.15) is 5.75 Å². The van der Waals surface area contributed by atoms with E-state index in [2.05, 4.69) is 55.5 Å². The molecule has 0 aromatic heterocycles. The maximum absolute atomic E-state index is 5.50. The van der Waals surface area contributed by atoms with Gasteiger partial charge in [0.05, 0.1) is 6.61 Å². The molecule has 0 aliphatic rings. The van der Waals surface area contributed by atoms with Crippen molar-refractivity contribution in [1.82, 2.24) is 0 Å². The van der Waals surface area contributed by atoms with Crippen LogP contribution in [0.15, 0.2) is 60.7 Å². The van der Waals surface area contributed by atoms with E-state index in [1.807, 2.05) is 19.1 Å². The van der Waals surface area contributed by atoms with Crippen molar-refractivity contribution in [1.29, 1.82) is 0 Å². The van der Waals surface area contributed by atoms with Crippen molar-refractivity contribution in [2.45, 2.75) is 26.7 Å². The Morgan fingerprint density at radius 3 is 2.14 bits per heavy atom. The predicted molar refractivity (Wildman–Crippen MR) is 94.5 cm³/mol. The molecular formula is C21H22O. The third-order valence-corrected chi connectivity index (χ3v) is 3.94. The summed E-state index contributed by atoms with van der Waals surface area (Å²) in [6.45, 7) is 4.93. The van der Waals surface area contributed by atoms with E-state index >= 15 is 0 Å². The summed E-state index contributed by atoms with van der Waals surface area (Å²) in [6.07, 6.45) is 2.34. The first-order valence-electron chi connectivity index (χ1n) is 8.06. The molecule has 112 valence electrons. The average Bonchev–Trinajstić information content (AvgIpc) is 2.56. The molecule has 0 spiro atoms. The highest BCUT2D eigenvalue weighted by Gasteiger charge is 2.02. The lowest BCUT2D eigenvalue weighted by atomic mass is 9.99. The lowest BCUT2D eigenvalue weighted by molar-refractivity contribution is 0.340. The molecule has 1 heteroatoms. The van der Waals surface area contributed by atoms with Crippen LogP contribution in [0.4, 0.5) is 0 Å². The van der Waals surface area contributed by atoms with E-state index in [0.717, 1.165) is 12.2 Å². The fourth-order valence-corrected chi connectivity index (χ4v) is 2.83. The zero-order valence-corrected chi connectivity index (χ0v) is 13.3. The van der Waals surface area contributed by atoms with Crippen LogP contribution in [0.5, 0.6) is 5.75 Å². The smallest absolute Gasteiger partial charge is 0.119 e. The van der Waals surface area contributed by atoms with Crippen LogP contribution in [0, 0.1) is 0 Å². The Bertz CT molecular complexity index is 756. The number of rotatable bonds is 5. The predicted octanol–water partition coefficient (Wildman–Crippen LogP) is 5.86.